The first-order valence-electron chi connectivity index (χ1n) is 3.75. The molecule has 0 fully saturated rings. The van der Waals surface area contributed by atoms with E-state index in [1.807, 2.05) is 0 Å². The maximum atomic E-state index is 10.0. The molecule has 0 bridgehead atoms. The minimum Gasteiger partial charge on any atom is -0.386 e. The minimum absolute atomic E-state index is 0.105. The van der Waals surface area contributed by atoms with E-state index >= 15 is 0 Å². The van der Waals surface area contributed by atoms with Gasteiger partial charge in [-0.15, -0.1) is 0 Å². The summed E-state index contributed by atoms with van der Waals surface area (Å²) in [6.07, 6.45) is -0.884. The summed E-state index contributed by atoms with van der Waals surface area (Å²) in [5.74, 6) is 0. The Morgan fingerprint density at radius 2 is 2.56 bits per heavy atom. The van der Waals surface area contributed by atoms with Gasteiger partial charge in [0.25, 0.3) is 0 Å². The Bertz CT molecular complexity index is 151. The fourth-order valence-electron chi connectivity index (χ4n) is 0.460. The molecule has 0 aromatic carbocycles. The molecule has 0 rings (SSSR count). The van der Waals surface area contributed by atoms with Gasteiger partial charge in [0.1, 0.15) is 8.85 Å². The summed E-state index contributed by atoms with van der Waals surface area (Å²) in [6, 6.07) is 0. The van der Waals surface area contributed by atoms with Crippen LogP contribution in [0.1, 0.15) is 22.5 Å². The summed E-state index contributed by atoms with van der Waals surface area (Å²) >= 11 is 0. The highest BCUT2D eigenvalue weighted by atomic mass is 16.6. The molecule has 0 saturated heterocycles. The normalized spacial score (nSPS) is 18.0. The van der Waals surface area contributed by atoms with Crippen LogP contribution in [0.2, 0.25) is 0 Å². The molecule has 0 aliphatic carbocycles. The van der Waals surface area contributed by atoms with Crippen molar-refractivity contribution in [3.8, 4) is 0 Å². The molecule has 0 radical (unpaired) electrons. The number of hydrogen-bond donors (Lipinski definition) is 1. The Balaban J connectivity index is 4.17. The largest absolute Gasteiger partial charge is 0.386 e. The van der Waals surface area contributed by atoms with Crippen LogP contribution in [0.15, 0.2) is 0 Å². The van der Waals surface area contributed by atoms with E-state index in [4.69, 9.17) is 7.85 Å². The van der Waals surface area contributed by atoms with E-state index < -0.39 is 17.5 Å². The van der Waals surface area contributed by atoms with Gasteiger partial charge in [0, 0.05) is 4.92 Å². The SMILES string of the molecule is [2H]C([2H])(C(O)CCC)[N+](=O)[O-]. The van der Waals surface area contributed by atoms with E-state index in [-0.39, 0.29) is 6.42 Å². The van der Waals surface area contributed by atoms with Crippen molar-refractivity contribution in [2.45, 2.75) is 25.9 Å². The third-order valence-electron chi connectivity index (χ3n) is 0.817. The van der Waals surface area contributed by atoms with E-state index in [0.717, 1.165) is 0 Å². The number of hydrogen-bond acceptors (Lipinski definition) is 3. The Hall–Kier alpha value is -0.640. The van der Waals surface area contributed by atoms with Crippen LogP contribution < -0.4 is 0 Å². The maximum absolute atomic E-state index is 10.0. The van der Waals surface area contributed by atoms with Crippen LogP contribution >= 0.6 is 0 Å². The van der Waals surface area contributed by atoms with Gasteiger partial charge in [-0.3, -0.25) is 10.1 Å². The molecule has 0 aliphatic rings. The molecular weight excluding hydrogens is 122 g/mol. The Morgan fingerprint density at radius 3 is 2.89 bits per heavy atom. The van der Waals surface area contributed by atoms with Gasteiger partial charge in [-0.1, -0.05) is 13.3 Å². The van der Waals surface area contributed by atoms with Crippen LogP contribution in [0.3, 0.4) is 0 Å². The molecule has 0 saturated carbocycles. The van der Waals surface area contributed by atoms with Gasteiger partial charge in [0.2, 0.25) is 6.50 Å². The van der Waals surface area contributed by atoms with Crippen molar-refractivity contribution in [3.63, 3.8) is 0 Å². The van der Waals surface area contributed by atoms with Crippen LogP contribution in [-0.2, 0) is 0 Å². The molecule has 1 N–H and O–H groups in total. The monoisotopic (exact) mass is 135 g/mol. The lowest BCUT2D eigenvalue weighted by molar-refractivity contribution is -0.490. The fourth-order valence-corrected chi connectivity index (χ4v) is 0.460. The van der Waals surface area contributed by atoms with Crippen molar-refractivity contribution in [1.29, 1.82) is 0 Å². The van der Waals surface area contributed by atoms with E-state index in [1.54, 1.807) is 6.92 Å². The average Bonchev–Trinajstić information content (AvgIpc) is 1.88. The van der Waals surface area contributed by atoms with E-state index in [0.29, 0.717) is 6.42 Å². The number of nitrogens with zero attached hydrogens (tertiary/aromatic N) is 1. The summed E-state index contributed by atoms with van der Waals surface area (Å²) in [6.45, 7) is -0.991. The van der Waals surface area contributed by atoms with Gasteiger partial charge in [-0.25, -0.2) is 0 Å². The highest BCUT2D eigenvalue weighted by molar-refractivity contribution is 4.49. The molecular formula is C5H11NO3. The molecule has 9 heavy (non-hydrogen) atoms. The molecule has 0 aromatic heterocycles. The summed E-state index contributed by atoms with van der Waals surface area (Å²) in [5, 5.41) is 18.9. The smallest absolute Gasteiger partial charge is 0.229 e. The lowest BCUT2D eigenvalue weighted by Crippen LogP contribution is -2.18. The van der Waals surface area contributed by atoms with Crippen molar-refractivity contribution in [2.75, 3.05) is 6.50 Å². The molecule has 0 aliphatic heterocycles. The quantitative estimate of drug-likeness (QED) is 0.449. The van der Waals surface area contributed by atoms with E-state index in [1.165, 1.54) is 0 Å². The van der Waals surface area contributed by atoms with Crippen molar-refractivity contribution < 1.29 is 12.8 Å². The molecule has 0 aromatic rings. The highest BCUT2D eigenvalue weighted by Gasteiger charge is 2.08. The number of rotatable bonds is 4. The van der Waals surface area contributed by atoms with Gasteiger partial charge in [-0.05, 0) is 6.42 Å². The second-order valence-corrected chi connectivity index (χ2v) is 1.69. The minimum atomic E-state index is -2.71. The van der Waals surface area contributed by atoms with E-state index in [2.05, 4.69) is 0 Å². The molecule has 4 heteroatoms. The Labute approximate surface area is 56.5 Å². The molecule has 1 atom stereocenters. The zero-order valence-electron chi connectivity index (χ0n) is 7.20. The molecule has 0 spiro atoms. The maximum Gasteiger partial charge on any atom is 0.229 e. The summed E-state index contributed by atoms with van der Waals surface area (Å²) < 4.78 is 13.6. The molecule has 0 amide bonds. The Kier molecular flexibility index (Phi) is 2.45. The summed E-state index contributed by atoms with van der Waals surface area (Å²) in [5.41, 5.74) is 0. The van der Waals surface area contributed by atoms with Crippen molar-refractivity contribution in [3.05, 3.63) is 10.1 Å². The zero-order chi connectivity index (χ0) is 9.07. The number of aliphatic hydroxyl groups excluding tert-OH is 1. The second kappa shape index (κ2) is 4.26. The van der Waals surface area contributed by atoms with Crippen LogP contribution in [-0.4, -0.2) is 22.6 Å². The molecule has 4 nitrogen and oxygen atoms in total. The van der Waals surface area contributed by atoms with Crippen molar-refractivity contribution in [2.24, 2.45) is 0 Å². The Morgan fingerprint density at radius 1 is 2.00 bits per heavy atom. The predicted octanol–water partition coefficient (Wildman–Crippen LogP) is 0.424. The lowest BCUT2D eigenvalue weighted by Gasteiger charge is -2.00. The van der Waals surface area contributed by atoms with Crippen LogP contribution in [0.25, 0.3) is 0 Å². The van der Waals surface area contributed by atoms with Crippen molar-refractivity contribution >= 4 is 0 Å². The van der Waals surface area contributed by atoms with Gasteiger partial charge in [0.05, 0.1) is 0 Å². The summed E-state index contributed by atoms with van der Waals surface area (Å²) in [7, 11) is 0. The van der Waals surface area contributed by atoms with Gasteiger partial charge < -0.3 is 5.11 Å². The first-order chi connectivity index (χ1) is 4.92. The average molecular weight is 135 g/mol. The highest BCUT2D eigenvalue weighted by Crippen LogP contribution is 1.94. The number of aliphatic hydroxyl groups is 1. The number of nitro groups is 1. The van der Waals surface area contributed by atoms with Gasteiger partial charge >= 0.3 is 0 Å². The van der Waals surface area contributed by atoms with Gasteiger partial charge in [-0.2, -0.15) is 0 Å². The third kappa shape index (κ3) is 5.23. The third-order valence-corrected chi connectivity index (χ3v) is 0.817. The first-order valence-corrected chi connectivity index (χ1v) is 2.75. The van der Waals surface area contributed by atoms with Crippen molar-refractivity contribution in [1.82, 2.24) is 0 Å². The molecule has 1 unspecified atom stereocenters. The predicted molar refractivity (Wildman–Crippen MR) is 32.8 cm³/mol. The molecule has 0 heterocycles. The van der Waals surface area contributed by atoms with Gasteiger partial charge in [0.15, 0.2) is 0 Å². The van der Waals surface area contributed by atoms with Crippen LogP contribution in [0.4, 0.5) is 0 Å². The van der Waals surface area contributed by atoms with Crippen LogP contribution in [0.5, 0.6) is 0 Å². The van der Waals surface area contributed by atoms with Crippen LogP contribution in [0, 0.1) is 10.1 Å². The first kappa shape index (κ1) is 5.17. The van der Waals surface area contributed by atoms with E-state index in [9.17, 15) is 10.1 Å². The molecule has 54 valence electrons. The topological polar surface area (TPSA) is 63.4 Å². The zero-order valence-corrected chi connectivity index (χ0v) is 5.20. The standard InChI is InChI=1S/C5H11NO3/c1-2-3-5(7)4-6(8)9/h5,7H,2-4H2,1H3/i4D2. The fraction of sp³-hybridized carbons (Fsp3) is 1.00. The lowest BCUT2D eigenvalue weighted by atomic mass is 10.2. The summed E-state index contributed by atoms with van der Waals surface area (Å²) in [4.78, 5) is 8.90. The second-order valence-electron chi connectivity index (χ2n) is 1.69.